The Kier molecular flexibility index (Phi) is 8.29. The van der Waals surface area contributed by atoms with Crippen LogP contribution in [0.4, 0.5) is 4.79 Å². The van der Waals surface area contributed by atoms with E-state index in [0.717, 1.165) is 27.8 Å². The fourth-order valence-electron chi connectivity index (χ4n) is 4.96. The lowest BCUT2D eigenvalue weighted by molar-refractivity contribution is -0.139. The van der Waals surface area contributed by atoms with Crippen LogP contribution in [0.15, 0.2) is 97.1 Å². The third kappa shape index (κ3) is 6.38. The first-order valence-corrected chi connectivity index (χ1v) is 13.2. The number of fused-ring (bicyclic) bond motifs is 3. The molecule has 4 aromatic carbocycles. The summed E-state index contributed by atoms with van der Waals surface area (Å²) in [5.74, 6) is -1.08. The predicted octanol–water partition coefficient (Wildman–Crippen LogP) is 5.59. The van der Waals surface area contributed by atoms with Gasteiger partial charge in [-0.2, -0.15) is 0 Å². The molecule has 2 N–H and O–H groups in total. The molecule has 208 valence electrons. The van der Waals surface area contributed by atoms with Crippen LogP contribution >= 0.6 is 0 Å². The van der Waals surface area contributed by atoms with Crippen molar-refractivity contribution in [3.63, 3.8) is 0 Å². The quantitative estimate of drug-likeness (QED) is 0.247. The number of hydrogen-bond donors (Lipinski definition) is 2. The van der Waals surface area contributed by atoms with Gasteiger partial charge in [-0.25, -0.2) is 14.4 Å². The standard InChI is InChI=1S/C33H29NO7/c1-39-32(37)23-14-10-22(11-15-23)19-40-24-16-12-21(13-17-24)18-30(31(35)36)34-33(38)41-20-29-27-8-4-2-6-25(27)26-7-3-5-9-28(26)29/h2-17,29-30H,18-20H2,1H3,(H,34,38)(H,35,36). The second-order valence-corrected chi connectivity index (χ2v) is 9.69. The maximum Gasteiger partial charge on any atom is 0.407 e. The zero-order chi connectivity index (χ0) is 28.8. The van der Waals surface area contributed by atoms with Crippen LogP contribution in [-0.2, 0) is 27.3 Å². The van der Waals surface area contributed by atoms with Crippen LogP contribution in [-0.4, -0.2) is 42.9 Å². The lowest BCUT2D eigenvalue weighted by atomic mass is 9.98. The van der Waals surface area contributed by atoms with Crippen molar-refractivity contribution >= 4 is 18.0 Å². The molecule has 1 atom stereocenters. The monoisotopic (exact) mass is 551 g/mol. The van der Waals surface area contributed by atoms with E-state index < -0.39 is 24.1 Å². The van der Waals surface area contributed by atoms with Crippen LogP contribution in [0.1, 0.15) is 38.5 Å². The predicted molar refractivity (Wildman–Crippen MR) is 152 cm³/mol. The average molecular weight is 552 g/mol. The number of carboxylic acid groups (broad SMARTS) is 1. The highest BCUT2D eigenvalue weighted by Crippen LogP contribution is 2.44. The van der Waals surface area contributed by atoms with Gasteiger partial charge in [0, 0.05) is 12.3 Å². The molecule has 1 amide bonds. The summed E-state index contributed by atoms with van der Waals surface area (Å²) in [5.41, 5.74) is 6.44. The van der Waals surface area contributed by atoms with Crippen molar-refractivity contribution in [2.24, 2.45) is 0 Å². The molecule has 0 aliphatic heterocycles. The highest BCUT2D eigenvalue weighted by atomic mass is 16.5. The zero-order valence-corrected chi connectivity index (χ0v) is 22.4. The van der Waals surface area contributed by atoms with Crippen LogP contribution < -0.4 is 10.1 Å². The summed E-state index contributed by atoms with van der Waals surface area (Å²) in [6, 6.07) is 28.8. The third-order valence-corrected chi connectivity index (χ3v) is 7.08. The Morgan fingerprint density at radius 1 is 0.805 bits per heavy atom. The van der Waals surface area contributed by atoms with Crippen molar-refractivity contribution in [1.82, 2.24) is 5.32 Å². The molecule has 0 bridgehead atoms. The number of benzene rings is 4. The van der Waals surface area contributed by atoms with Gasteiger partial charge in [0.2, 0.25) is 0 Å². The first-order valence-electron chi connectivity index (χ1n) is 13.2. The number of ether oxygens (including phenoxy) is 3. The minimum Gasteiger partial charge on any atom is -0.489 e. The number of esters is 1. The van der Waals surface area contributed by atoms with Gasteiger partial charge in [-0.05, 0) is 57.6 Å². The van der Waals surface area contributed by atoms with Crippen molar-refractivity contribution in [2.75, 3.05) is 13.7 Å². The van der Waals surface area contributed by atoms with E-state index in [4.69, 9.17) is 14.2 Å². The number of amides is 1. The number of carbonyl (C=O) groups is 3. The Morgan fingerprint density at radius 2 is 1.39 bits per heavy atom. The third-order valence-electron chi connectivity index (χ3n) is 7.08. The van der Waals surface area contributed by atoms with E-state index in [0.29, 0.717) is 23.5 Å². The number of nitrogens with one attached hydrogen (secondary N) is 1. The van der Waals surface area contributed by atoms with Crippen molar-refractivity contribution < 1.29 is 33.7 Å². The van der Waals surface area contributed by atoms with Gasteiger partial charge in [-0.15, -0.1) is 0 Å². The van der Waals surface area contributed by atoms with Gasteiger partial charge < -0.3 is 24.6 Å². The van der Waals surface area contributed by atoms with Gasteiger partial charge in [0.15, 0.2) is 0 Å². The van der Waals surface area contributed by atoms with E-state index in [-0.39, 0.29) is 18.9 Å². The number of hydrogen-bond acceptors (Lipinski definition) is 6. The molecule has 0 saturated carbocycles. The lowest BCUT2D eigenvalue weighted by Gasteiger charge is -2.17. The number of alkyl carbamates (subject to hydrolysis) is 1. The minimum absolute atomic E-state index is 0.0782. The SMILES string of the molecule is COC(=O)c1ccc(COc2ccc(CC(NC(=O)OCC3c4ccccc4-c4ccccc43)C(=O)O)cc2)cc1. The highest BCUT2D eigenvalue weighted by Gasteiger charge is 2.29. The van der Waals surface area contributed by atoms with Crippen molar-refractivity contribution in [2.45, 2.75) is 25.0 Å². The molecule has 1 aliphatic carbocycles. The molecule has 1 aliphatic rings. The second kappa shape index (κ2) is 12.4. The molecule has 0 heterocycles. The molecule has 0 radical (unpaired) electrons. The number of carbonyl (C=O) groups excluding carboxylic acids is 2. The second-order valence-electron chi connectivity index (χ2n) is 9.69. The maximum absolute atomic E-state index is 12.6. The van der Waals surface area contributed by atoms with Crippen molar-refractivity contribution in [1.29, 1.82) is 0 Å². The summed E-state index contributed by atoms with van der Waals surface area (Å²) in [5, 5.41) is 12.2. The van der Waals surface area contributed by atoms with Crippen LogP contribution in [0, 0.1) is 0 Å². The highest BCUT2D eigenvalue weighted by molar-refractivity contribution is 5.89. The number of aliphatic carboxylic acids is 1. The fraction of sp³-hybridized carbons (Fsp3) is 0.182. The summed E-state index contributed by atoms with van der Waals surface area (Å²) in [6.45, 7) is 0.394. The van der Waals surface area contributed by atoms with Gasteiger partial charge in [0.1, 0.15) is 25.0 Å². The van der Waals surface area contributed by atoms with Crippen LogP contribution in [0.3, 0.4) is 0 Å². The van der Waals surface area contributed by atoms with Gasteiger partial charge >= 0.3 is 18.0 Å². The van der Waals surface area contributed by atoms with Crippen LogP contribution in [0.25, 0.3) is 11.1 Å². The zero-order valence-electron chi connectivity index (χ0n) is 22.4. The first-order chi connectivity index (χ1) is 19.9. The summed E-state index contributed by atoms with van der Waals surface area (Å²) in [6.07, 6.45) is -0.702. The Morgan fingerprint density at radius 3 is 1.98 bits per heavy atom. The molecule has 0 saturated heterocycles. The van der Waals surface area contributed by atoms with Crippen LogP contribution in [0.2, 0.25) is 0 Å². The Balaban J connectivity index is 1.14. The van der Waals surface area contributed by atoms with Gasteiger partial charge in [0.05, 0.1) is 12.7 Å². The summed E-state index contributed by atoms with van der Waals surface area (Å²) < 4.78 is 16.0. The lowest BCUT2D eigenvalue weighted by Crippen LogP contribution is -2.42. The van der Waals surface area contributed by atoms with Crippen LogP contribution in [0.5, 0.6) is 5.75 Å². The number of rotatable bonds is 10. The van der Waals surface area contributed by atoms with Gasteiger partial charge in [0.25, 0.3) is 0 Å². The average Bonchev–Trinajstić information content (AvgIpc) is 3.32. The molecule has 1 unspecified atom stereocenters. The molecule has 41 heavy (non-hydrogen) atoms. The largest absolute Gasteiger partial charge is 0.489 e. The molecule has 8 nitrogen and oxygen atoms in total. The molecule has 4 aromatic rings. The van der Waals surface area contributed by atoms with E-state index in [2.05, 4.69) is 17.4 Å². The smallest absolute Gasteiger partial charge is 0.407 e. The molecular weight excluding hydrogens is 522 g/mol. The summed E-state index contributed by atoms with van der Waals surface area (Å²) >= 11 is 0. The topological polar surface area (TPSA) is 111 Å². The van der Waals surface area contributed by atoms with E-state index in [1.807, 2.05) is 36.4 Å². The van der Waals surface area contributed by atoms with E-state index in [9.17, 15) is 19.5 Å². The van der Waals surface area contributed by atoms with E-state index in [1.165, 1.54) is 7.11 Å². The van der Waals surface area contributed by atoms with Gasteiger partial charge in [-0.1, -0.05) is 72.8 Å². The molecular formula is C33H29NO7. The molecule has 5 rings (SSSR count). The van der Waals surface area contributed by atoms with E-state index >= 15 is 0 Å². The minimum atomic E-state index is -1.16. The normalized spacial score (nSPS) is 12.5. The number of carboxylic acids is 1. The molecule has 8 heteroatoms. The summed E-state index contributed by atoms with van der Waals surface area (Å²) in [7, 11) is 1.33. The van der Waals surface area contributed by atoms with Crippen molar-refractivity contribution in [3.8, 4) is 16.9 Å². The Bertz CT molecular complexity index is 1500. The Hall–Kier alpha value is -5.11. The molecule has 0 fully saturated rings. The maximum atomic E-state index is 12.6. The van der Waals surface area contributed by atoms with Crippen molar-refractivity contribution in [3.05, 3.63) is 125 Å². The fourth-order valence-corrected chi connectivity index (χ4v) is 4.96. The Labute approximate surface area is 237 Å². The molecule has 0 aromatic heterocycles. The van der Waals surface area contributed by atoms with Gasteiger partial charge in [-0.3, -0.25) is 0 Å². The summed E-state index contributed by atoms with van der Waals surface area (Å²) in [4.78, 5) is 36.1. The number of methoxy groups -OCH3 is 1. The first kappa shape index (κ1) is 27.5. The van der Waals surface area contributed by atoms with E-state index in [1.54, 1.807) is 48.5 Å². The molecule has 0 spiro atoms.